The van der Waals surface area contributed by atoms with Crippen LogP contribution in [0.5, 0.6) is 0 Å². The topological polar surface area (TPSA) is 90.0 Å². The molecule has 0 aromatic heterocycles. The van der Waals surface area contributed by atoms with Crippen LogP contribution in [0.3, 0.4) is 0 Å². The second-order valence-electron chi connectivity index (χ2n) is 8.19. The van der Waals surface area contributed by atoms with Crippen LogP contribution in [0, 0.1) is 13.8 Å². The van der Waals surface area contributed by atoms with E-state index in [2.05, 4.69) is 5.32 Å². The third-order valence-electron chi connectivity index (χ3n) is 5.98. The van der Waals surface area contributed by atoms with E-state index in [0.29, 0.717) is 13.1 Å². The van der Waals surface area contributed by atoms with Gasteiger partial charge in [-0.05, 0) is 49.6 Å². The summed E-state index contributed by atoms with van der Waals surface area (Å²) in [4.78, 5) is 28.6. The molecule has 1 aliphatic heterocycles. The van der Waals surface area contributed by atoms with Crippen molar-refractivity contribution in [1.82, 2.24) is 19.4 Å². The van der Waals surface area contributed by atoms with E-state index in [1.165, 1.54) is 4.31 Å². The van der Waals surface area contributed by atoms with Crippen LogP contribution in [0.2, 0.25) is 0 Å². The van der Waals surface area contributed by atoms with Crippen molar-refractivity contribution < 1.29 is 18.0 Å². The van der Waals surface area contributed by atoms with Crippen LogP contribution < -0.4 is 5.32 Å². The van der Waals surface area contributed by atoms with Gasteiger partial charge in [0.2, 0.25) is 15.9 Å². The maximum absolute atomic E-state index is 13.0. The van der Waals surface area contributed by atoms with Gasteiger partial charge in [0.05, 0.1) is 11.4 Å². The third-order valence-corrected chi connectivity index (χ3v) is 7.88. The Morgan fingerprint density at radius 3 is 2.24 bits per heavy atom. The van der Waals surface area contributed by atoms with E-state index >= 15 is 0 Å². The third kappa shape index (κ3) is 6.11. The highest BCUT2D eigenvalue weighted by Gasteiger charge is 2.30. The van der Waals surface area contributed by atoms with E-state index in [1.807, 2.05) is 51.1 Å². The molecule has 0 radical (unpaired) electrons. The highest BCUT2D eigenvalue weighted by molar-refractivity contribution is 7.89. The van der Waals surface area contributed by atoms with E-state index in [-0.39, 0.29) is 49.6 Å². The van der Waals surface area contributed by atoms with Gasteiger partial charge in [-0.25, -0.2) is 13.2 Å². The second kappa shape index (κ2) is 10.8. The quantitative estimate of drug-likeness (QED) is 0.670. The SMILES string of the molecule is CCN(Cc1ccccc1)C(=O)CNC(=O)N1CCN(S(=O)(=O)c2ccc(C)c(C)c2)CC1. The van der Waals surface area contributed by atoms with Crippen LogP contribution >= 0.6 is 0 Å². The van der Waals surface area contributed by atoms with Crippen molar-refractivity contribution in [3.63, 3.8) is 0 Å². The van der Waals surface area contributed by atoms with Crippen molar-refractivity contribution in [2.45, 2.75) is 32.2 Å². The average Bonchev–Trinajstić information content (AvgIpc) is 2.83. The molecule has 3 rings (SSSR count). The molecule has 0 atom stereocenters. The van der Waals surface area contributed by atoms with E-state index in [9.17, 15) is 18.0 Å². The molecular formula is C24H32N4O4S. The first kappa shape index (κ1) is 24.7. The minimum Gasteiger partial charge on any atom is -0.337 e. The summed E-state index contributed by atoms with van der Waals surface area (Å²) in [5.41, 5.74) is 2.99. The van der Waals surface area contributed by atoms with E-state index in [0.717, 1.165) is 16.7 Å². The number of benzene rings is 2. The van der Waals surface area contributed by atoms with Crippen molar-refractivity contribution in [2.24, 2.45) is 0 Å². The number of nitrogens with one attached hydrogen (secondary N) is 1. The van der Waals surface area contributed by atoms with Crippen LogP contribution in [0.4, 0.5) is 4.79 Å². The molecular weight excluding hydrogens is 440 g/mol. The van der Waals surface area contributed by atoms with Gasteiger partial charge in [0, 0.05) is 39.3 Å². The fourth-order valence-corrected chi connectivity index (χ4v) is 5.22. The Balaban J connectivity index is 1.50. The lowest BCUT2D eigenvalue weighted by Crippen LogP contribution is -2.54. The number of sulfonamides is 1. The van der Waals surface area contributed by atoms with Gasteiger partial charge in [0.1, 0.15) is 0 Å². The lowest BCUT2D eigenvalue weighted by atomic mass is 10.1. The number of amides is 3. The number of hydrogen-bond acceptors (Lipinski definition) is 4. The van der Waals surface area contributed by atoms with Crippen molar-refractivity contribution >= 4 is 22.0 Å². The molecule has 0 spiro atoms. The number of urea groups is 1. The summed E-state index contributed by atoms with van der Waals surface area (Å²) >= 11 is 0. The Bertz CT molecular complexity index is 1080. The van der Waals surface area contributed by atoms with Gasteiger partial charge in [-0.3, -0.25) is 4.79 Å². The predicted molar refractivity (Wildman–Crippen MR) is 127 cm³/mol. The Morgan fingerprint density at radius 1 is 0.970 bits per heavy atom. The van der Waals surface area contributed by atoms with Crippen molar-refractivity contribution in [1.29, 1.82) is 0 Å². The number of likely N-dealkylation sites (N-methyl/N-ethyl adjacent to an activating group) is 1. The number of aryl methyl sites for hydroxylation is 2. The Labute approximate surface area is 196 Å². The van der Waals surface area contributed by atoms with Crippen LogP contribution in [-0.4, -0.2) is 73.7 Å². The second-order valence-corrected chi connectivity index (χ2v) is 10.1. The standard InChI is InChI=1S/C24H32N4O4S/c1-4-26(18-21-8-6-5-7-9-21)23(29)17-25-24(30)27-12-14-28(15-13-27)33(31,32)22-11-10-19(2)20(3)16-22/h5-11,16H,4,12-15,17-18H2,1-3H3,(H,25,30). The maximum atomic E-state index is 13.0. The summed E-state index contributed by atoms with van der Waals surface area (Å²) in [7, 11) is -3.61. The van der Waals surface area contributed by atoms with Crippen LogP contribution in [0.1, 0.15) is 23.6 Å². The summed E-state index contributed by atoms with van der Waals surface area (Å²) in [5, 5.41) is 2.68. The highest BCUT2D eigenvalue weighted by atomic mass is 32.2. The zero-order valence-electron chi connectivity index (χ0n) is 19.5. The molecule has 8 nitrogen and oxygen atoms in total. The molecule has 1 heterocycles. The lowest BCUT2D eigenvalue weighted by Gasteiger charge is -2.34. The molecule has 1 saturated heterocycles. The van der Waals surface area contributed by atoms with Gasteiger partial charge in [-0.2, -0.15) is 4.31 Å². The normalized spacial score (nSPS) is 14.7. The maximum Gasteiger partial charge on any atom is 0.317 e. The molecule has 1 aliphatic rings. The number of piperazine rings is 1. The molecule has 2 aromatic rings. The summed E-state index contributed by atoms with van der Waals surface area (Å²) in [6.07, 6.45) is 0. The molecule has 0 bridgehead atoms. The Hall–Kier alpha value is -2.91. The van der Waals surface area contributed by atoms with Crippen molar-refractivity contribution in [2.75, 3.05) is 39.3 Å². The van der Waals surface area contributed by atoms with Crippen molar-refractivity contribution in [3.8, 4) is 0 Å². The largest absolute Gasteiger partial charge is 0.337 e. The molecule has 33 heavy (non-hydrogen) atoms. The van der Waals surface area contributed by atoms with Gasteiger partial charge in [0.15, 0.2) is 0 Å². The van der Waals surface area contributed by atoms with E-state index in [1.54, 1.807) is 28.0 Å². The number of carbonyl (C=O) groups is 2. The summed E-state index contributed by atoms with van der Waals surface area (Å²) in [6.45, 7) is 7.62. The van der Waals surface area contributed by atoms with Gasteiger partial charge in [-0.15, -0.1) is 0 Å². The summed E-state index contributed by atoms with van der Waals surface area (Å²) in [6, 6.07) is 14.4. The number of rotatable bonds is 7. The first-order chi connectivity index (χ1) is 15.7. The Kier molecular flexibility index (Phi) is 8.10. The first-order valence-electron chi connectivity index (χ1n) is 11.1. The Morgan fingerprint density at radius 2 is 1.64 bits per heavy atom. The van der Waals surface area contributed by atoms with Crippen LogP contribution in [-0.2, 0) is 21.4 Å². The van der Waals surface area contributed by atoms with Crippen LogP contribution in [0.15, 0.2) is 53.4 Å². The van der Waals surface area contributed by atoms with Crippen LogP contribution in [0.25, 0.3) is 0 Å². The molecule has 1 fully saturated rings. The summed E-state index contributed by atoms with van der Waals surface area (Å²) in [5.74, 6) is -0.161. The smallest absolute Gasteiger partial charge is 0.317 e. The summed E-state index contributed by atoms with van der Waals surface area (Å²) < 4.78 is 27.3. The minimum absolute atomic E-state index is 0.0966. The minimum atomic E-state index is -3.61. The molecule has 0 saturated carbocycles. The zero-order valence-corrected chi connectivity index (χ0v) is 20.3. The molecule has 3 amide bonds. The highest BCUT2D eigenvalue weighted by Crippen LogP contribution is 2.20. The van der Waals surface area contributed by atoms with Gasteiger partial charge in [-0.1, -0.05) is 36.4 Å². The molecule has 9 heteroatoms. The zero-order chi connectivity index (χ0) is 24.0. The van der Waals surface area contributed by atoms with Gasteiger partial charge < -0.3 is 15.1 Å². The van der Waals surface area contributed by atoms with E-state index < -0.39 is 10.0 Å². The fraction of sp³-hybridized carbons (Fsp3) is 0.417. The molecule has 178 valence electrons. The predicted octanol–water partition coefficient (Wildman–Crippen LogP) is 2.37. The molecule has 1 N–H and O–H groups in total. The van der Waals surface area contributed by atoms with Gasteiger partial charge >= 0.3 is 6.03 Å². The fourth-order valence-electron chi connectivity index (χ4n) is 3.71. The number of nitrogens with zero attached hydrogens (tertiary/aromatic N) is 3. The monoisotopic (exact) mass is 472 g/mol. The molecule has 2 aromatic carbocycles. The number of carbonyl (C=O) groups excluding carboxylic acids is 2. The van der Waals surface area contributed by atoms with Crippen molar-refractivity contribution in [3.05, 3.63) is 65.2 Å². The van der Waals surface area contributed by atoms with Gasteiger partial charge in [0.25, 0.3) is 0 Å². The average molecular weight is 473 g/mol. The molecule has 0 aliphatic carbocycles. The first-order valence-corrected chi connectivity index (χ1v) is 12.6. The van der Waals surface area contributed by atoms with E-state index in [4.69, 9.17) is 0 Å². The lowest BCUT2D eigenvalue weighted by molar-refractivity contribution is -0.130. The molecule has 0 unspecified atom stereocenters. The number of hydrogen-bond donors (Lipinski definition) is 1.